The van der Waals surface area contributed by atoms with Crippen molar-refractivity contribution in [1.82, 2.24) is 20.1 Å². The van der Waals surface area contributed by atoms with Crippen LogP contribution in [-0.2, 0) is 4.79 Å². The molecule has 2 fully saturated rings. The summed E-state index contributed by atoms with van der Waals surface area (Å²) in [6.45, 7) is 0.820. The van der Waals surface area contributed by atoms with Crippen LogP contribution in [0.3, 0.4) is 0 Å². The van der Waals surface area contributed by atoms with Gasteiger partial charge in [0.2, 0.25) is 5.91 Å². The molecule has 0 saturated carbocycles. The molecular formula is C15H14N4O3. The molecule has 2 saturated heterocycles. The van der Waals surface area contributed by atoms with Gasteiger partial charge in [-0.25, -0.2) is 4.79 Å². The number of hydrogen-bond donors (Lipinski definition) is 2. The summed E-state index contributed by atoms with van der Waals surface area (Å²) < 4.78 is 0. The van der Waals surface area contributed by atoms with E-state index in [0.717, 1.165) is 10.9 Å². The predicted molar refractivity (Wildman–Crippen MR) is 78.2 cm³/mol. The van der Waals surface area contributed by atoms with Crippen molar-refractivity contribution in [2.75, 3.05) is 19.6 Å². The Kier molecular flexibility index (Phi) is 2.69. The number of carbonyl (C=O) groups excluding carboxylic acids is 3. The molecule has 2 aliphatic heterocycles. The second-order valence-corrected chi connectivity index (χ2v) is 5.53. The van der Waals surface area contributed by atoms with Crippen LogP contribution >= 0.6 is 0 Å². The van der Waals surface area contributed by atoms with Crippen LogP contribution in [0.1, 0.15) is 10.4 Å². The zero-order valence-corrected chi connectivity index (χ0v) is 11.7. The lowest BCUT2D eigenvalue weighted by Crippen LogP contribution is -2.62. The molecule has 1 aromatic carbocycles. The maximum absolute atomic E-state index is 12.5. The number of likely N-dealkylation sites (tertiary alicyclic amines) is 1. The summed E-state index contributed by atoms with van der Waals surface area (Å²) in [7, 11) is 0. The molecule has 2 N–H and O–H groups in total. The largest absolute Gasteiger partial charge is 0.360 e. The zero-order valence-electron chi connectivity index (χ0n) is 11.7. The molecule has 2 aromatic rings. The maximum Gasteiger partial charge on any atom is 0.324 e. The Morgan fingerprint density at radius 3 is 2.68 bits per heavy atom. The molecule has 0 atom stereocenters. The second-order valence-electron chi connectivity index (χ2n) is 5.53. The van der Waals surface area contributed by atoms with Crippen LogP contribution in [0.25, 0.3) is 10.9 Å². The summed E-state index contributed by atoms with van der Waals surface area (Å²) in [5.41, 5.74) is 1.53. The van der Waals surface area contributed by atoms with E-state index in [2.05, 4.69) is 10.3 Å². The fourth-order valence-electron chi connectivity index (χ4n) is 3.01. The van der Waals surface area contributed by atoms with E-state index >= 15 is 0 Å². The number of urea groups is 1. The number of carbonyl (C=O) groups is 3. The number of H-pyrrole nitrogens is 1. The fraction of sp³-hybridized carbons (Fsp3) is 0.267. The summed E-state index contributed by atoms with van der Waals surface area (Å²) in [6.07, 6.45) is 1.70. The SMILES string of the molecule is O=C(c1c[nH]c2ccccc12)N1CC(N2C(=O)CNC2=O)C1. The number of benzene rings is 1. The number of hydrogen-bond acceptors (Lipinski definition) is 3. The van der Waals surface area contributed by atoms with E-state index in [0.29, 0.717) is 18.7 Å². The number of fused-ring (bicyclic) bond motifs is 1. The summed E-state index contributed by atoms with van der Waals surface area (Å²) >= 11 is 0. The Labute approximate surface area is 125 Å². The zero-order chi connectivity index (χ0) is 15.3. The van der Waals surface area contributed by atoms with Crippen LogP contribution in [0.2, 0.25) is 0 Å². The molecule has 0 unspecified atom stereocenters. The Hall–Kier alpha value is -2.83. The van der Waals surface area contributed by atoms with Crippen molar-refractivity contribution < 1.29 is 14.4 Å². The third kappa shape index (κ3) is 1.78. The molecule has 0 radical (unpaired) electrons. The van der Waals surface area contributed by atoms with Gasteiger partial charge in [-0.2, -0.15) is 0 Å². The molecule has 22 heavy (non-hydrogen) atoms. The van der Waals surface area contributed by atoms with E-state index in [4.69, 9.17) is 0 Å². The van der Waals surface area contributed by atoms with Gasteiger partial charge in [0.15, 0.2) is 0 Å². The van der Waals surface area contributed by atoms with Gasteiger partial charge in [-0.15, -0.1) is 0 Å². The number of rotatable bonds is 2. The Morgan fingerprint density at radius 1 is 1.18 bits per heavy atom. The lowest BCUT2D eigenvalue weighted by Gasteiger charge is -2.42. The van der Waals surface area contributed by atoms with Crippen molar-refractivity contribution in [3.05, 3.63) is 36.0 Å². The molecule has 1 aromatic heterocycles. The van der Waals surface area contributed by atoms with Crippen molar-refractivity contribution in [3.63, 3.8) is 0 Å². The van der Waals surface area contributed by atoms with E-state index in [1.807, 2.05) is 24.3 Å². The lowest BCUT2D eigenvalue weighted by molar-refractivity contribution is -0.128. The lowest BCUT2D eigenvalue weighted by atomic mass is 10.0. The molecule has 112 valence electrons. The third-order valence-electron chi connectivity index (χ3n) is 4.21. The van der Waals surface area contributed by atoms with Crippen LogP contribution in [0.15, 0.2) is 30.5 Å². The van der Waals surface area contributed by atoms with Crippen molar-refractivity contribution in [3.8, 4) is 0 Å². The van der Waals surface area contributed by atoms with Crippen molar-refractivity contribution >= 4 is 28.7 Å². The normalized spacial score (nSPS) is 18.7. The van der Waals surface area contributed by atoms with Crippen molar-refractivity contribution in [2.45, 2.75) is 6.04 Å². The number of aromatic amines is 1. The highest BCUT2D eigenvalue weighted by molar-refractivity contribution is 6.07. The average molecular weight is 298 g/mol. The summed E-state index contributed by atoms with van der Waals surface area (Å²) in [5.74, 6) is -0.310. The Balaban J connectivity index is 1.50. The molecule has 0 spiro atoms. The first kappa shape index (κ1) is 12.9. The Morgan fingerprint density at radius 2 is 1.95 bits per heavy atom. The minimum absolute atomic E-state index is 0.0473. The van der Waals surface area contributed by atoms with Gasteiger partial charge in [0, 0.05) is 30.2 Å². The highest BCUT2D eigenvalue weighted by Gasteiger charge is 2.43. The number of aromatic nitrogens is 1. The second kappa shape index (κ2) is 4.59. The van der Waals surface area contributed by atoms with Crippen LogP contribution < -0.4 is 5.32 Å². The van der Waals surface area contributed by atoms with Crippen molar-refractivity contribution in [2.24, 2.45) is 0 Å². The quantitative estimate of drug-likeness (QED) is 0.794. The number of amides is 4. The van der Waals surface area contributed by atoms with E-state index in [9.17, 15) is 14.4 Å². The minimum atomic E-state index is -0.366. The molecular weight excluding hydrogens is 284 g/mol. The molecule has 4 amide bonds. The molecule has 4 rings (SSSR count). The highest BCUT2D eigenvalue weighted by Crippen LogP contribution is 2.24. The summed E-state index contributed by atoms with van der Waals surface area (Å²) in [5, 5.41) is 3.37. The maximum atomic E-state index is 12.5. The smallest absolute Gasteiger partial charge is 0.324 e. The van der Waals surface area contributed by atoms with Crippen LogP contribution in [0.4, 0.5) is 4.79 Å². The average Bonchev–Trinajstić information content (AvgIpc) is 3.03. The van der Waals surface area contributed by atoms with Crippen molar-refractivity contribution in [1.29, 1.82) is 0 Å². The van der Waals surface area contributed by atoms with E-state index < -0.39 is 0 Å². The van der Waals surface area contributed by atoms with Gasteiger partial charge in [0.1, 0.15) is 0 Å². The van der Waals surface area contributed by atoms with Gasteiger partial charge in [0.25, 0.3) is 5.91 Å². The standard InChI is InChI=1S/C15H14N4O3/c20-13-6-17-15(22)19(13)9-7-18(8-9)14(21)11-5-16-12-4-2-1-3-10(11)12/h1-5,9,16H,6-8H2,(H,17,22). The topological polar surface area (TPSA) is 85.5 Å². The first-order chi connectivity index (χ1) is 10.6. The number of para-hydroxylation sites is 1. The van der Waals surface area contributed by atoms with Crippen LogP contribution in [0.5, 0.6) is 0 Å². The summed E-state index contributed by atoms with van der Waals surface area (Å²) in [4.78, 5) is 41.7. The molecule has 0 aliphatic carbocycles. The molecule has 3 heterocycles. The third-order valence-corrected chi connectivity index (χ3v) is 4.21. The first-order valence-electron chi connectivity index (χ1n) is 7.10. The van der Waals surface area contributed by atoms with Gasteiger partial charge in [-0.3, -0.25) is 14.5 Å². The van der Waals surface area contributed by atoms with Crippen LogP contribution in [0, 0.1) is 0 Å². The van der Waals surface area contributed by atoms with Gasteiger partial charge in [-0.1, -0.05) is 18.2 Å². The molecule has 2 aliphatic rings. The van der Waals surface area contributed by atoms with Gasteiger partial charge in [-0.05, 0) is 6.07 Å². The van der Waals surface area contributed by atoms with E-state index in [1.54, 1.807) is 11.1 Å². The summed E-state index contributed by atoms with van der Waals surface area (Å²) in [6, 6.07) is 7.02. The number of imide groups is 1. The van der Waals surface area contributed by atoms with Gasteiger partial charge >= 0.3 is 6.03 Å². The molecule has 7 heteroatoms. The first-order valence-corrected chi connectivity index (χ1v) is 7.10. The van der Waals surface area contributed by atoms with E-state index in [-0.39, 0.29) is 30.4 Å². The number of nitrogens with one attached hydrogen (secondary N) is 2. The van der Waals surface area contributed by atoms with Crippen LogP contribution in [-0.4, -0.2) is 58.3 Å². The van der Waals surface area contributed by atoms with Gasteiger partial charge in [0.05, 0.1) is 18.2 Å². The monoisotopic (exact) mass is 298 g/mol. The Bertz CT molecular complexity index is 775. The molecule has 0 bridgehead atoms. The number of nitrogens with zero attached hydrogens (tertiary/aromatic N) is 2. The fourth-order valence-corrected chi connectivity index (χ4v) is 3.01. The highest BCUT2D eigenvalue weighted by atomic mass is 16.2. The van der Waals surface area contributed by atoms with E-state index in [1.165, 1.54) is 4.90 Å². The minimum Gasteiger partial charge on any atom is -0.360 e. The molecule has 7 nitrogen and oxygen atoms in total. The predicted octanol–water partition coefficient (Wildman–Crippen LogP) is 0.544. The van der Waals surface area contributed by atoms with Gasteiger partial charge < -0.3 is 15.2 Å².